The fourth-order valence-corrected chi connectivity index (χ4v) is 1.42. The average molecular weight is 189 g/mol. The first-order valence-corrected chi connectivity index (χ1v) is 5.62. The lowest BCUT2D eigenvalue weighted by molar-refractivity contribution is 0.612. The molecule has 0 aliphatic rings. The van der Waals surface area contributed by atoms with Crippen molar-refractivity contribution in [2.45, 2.75) is 51.9 Å². The van der Waals surface area contributed by atoms with E-state index in [9.17, 15) is 0 Å². The number of unbranched alkanes of at least 4 members (excludes halogenated alkanes) is 6. The highest BCUT2D eigenvalue weighted by Crippen LogP contribution is 2.07. The van der Waals surface area contributed by atoms with Gasteiger partial charge < -0.3 is 0 Å². The minimum atomic E-state index is 0.832. The average Bonchev–Trinajstić information content (AvgIpc) is 2.10. The van der Waals surface area contributed by atoms with Gasteiger partial charge in [-0.2, -0.15) is 0 Å². The number of rotatable bonds is 8. The fourth-order valence-electron chi connectivity index (χ4n) is 1.23. The van der Waals surface area contributed by atoms with E-state index in [0.717, 1.165) is 5.88 Å². The van der Waals surface area contributed by atoms with Crippen molar-refractivity contribution in [1.29, 1.82) is 0 Å². The van der Waals surface area contributed by atoms with Crippen LogP contribution in [0, 0.1) is 0 Å². The van der Waals surface area contributed by atoms with E-state index in [-0.39, 0.29) is 0 Å². The van der Waals surface area contributed by atoms with Gasteiger partial charge in [-0.05, 0) is 26.2 Å². The molecular weight excluding hydrogens is 168 g/mol. The molecule has 0 aromatic carbocycles. The zero-order valence-electron chi connectivity index (χ0n) is 8.19. The van der Waals surface area contributed by atoms with E-state index >= 15 is 0 Å². The van der Waals surface area contributed by atoms with Gasteiger partial charge in [-0.25, -0.2) is 0 Å². The summed E-state index contributed by atoms with van der Waals surface area (Å²) in [6, 6.07) is 0. The first kappa shape index (κ1) is 12.0. The van der Waals surface area contributed by atoms with E-state index < -0.39 is 0 Å². The number of hydrogen-bond donors (Lipinski definition) is 0. The molecule has 0 atom stereocenters. The summed E-state index contributed by atoms with van der Waals surface area (Å²) in [6.07, 6.45) is 13.6. The number of allylic oxidation sites excluding steroid dienone is 2. The zero-order chi connectivity index (χ0) is 9.07. The molecule has 0 bridgehead atoms. The van der Waals surface area contributed by atoms with Gasteiger partial charge in [0.05, 0.1) is 0 Å². The Bertz CT molecular complexity index is 97.2. The summed E-state index contributed by atoms with van der Waals surface area (Å²) in [7, 11) is 0. The van der Waals surface area contributed by atoms with Crippen LogP contribution < -0.4 is 0 Å². The summed E-state index contributed by atoms with van der Waals surface area (Å²) < 4.78 is 0. The number of hydrogen-bond acceptors (Lipinski definition) is 0. The van der Waals surface area contributed by atoms with E-state index in [2.05, 4.69) is 19.1 Å². The van der Waals surface area contributed by atoms with Crippen LogP contribution in [-0.2, 0) is 0 Å². The molecule has 0 saturated carbocycles. The summed E-state index contributed by atoms with van der Waals surface area (Å²) in [4.78, 5) is 0. The SMILES string of the molecule is C/C=C/CCCCCCCCCl. The highest BCUT2D eigenvalue weighted by atomic mass is 35.5. The maximum absolute atomic E-state index is 5.57. The first-order valence-electron chi connectivity index (χ1n) is 5.09. The van der Waals surface area contributed by atoms with Crippen LogP contribution in [0.15, 0.2) is 12.2 Å². The normalized spacial score (nSPS) is 11.2. The Morgan fingerprint density at radius 3 is 2.08 bits per heavy atom. The molecule has 72 valence electrons. The second-order valence-corrected chi connectivity index (χ2v) is 3.55. The van der Waals surface area contributed by atoms with Crippen LogP contribution in [0.2, 0.25) is 0 Å². The monoisotopic (exact) mass is 188 g/mol. The van der Waals surface area contributed by atoms with Gasteiger partial charge in [-0.15, -0.1) is 11.6 Å². The van der Waals surface area contributed by atoms with Gasteiger partial charge in [0.15, 0.2) is 0 Å². The van der Waals surface area contributed by atoms with E-state index in [1.165, 1.54) is 44.9 Å². The largest absolute Gasteiger partial charge is 0.127 e. The fraction of sp³-hybridized carbons (Fsp3) is 0.818. The van der Waals surface area contributed by atoms with Crippen molar-refractivity contribution in [2.24, 2.45) is 0 Å². The van der Waals surface area contributed by atoms with Crippen molar-refractivity contribution < 1.29 is 0 Å². The van der Waals surface area contributed by atoms with Crippen LogP contribution in [0.25, 0.3) is 0 Å². The Labute approximate surface area is 82.0 Å². The second-order valence-electron chi connectivity index (χ2n) is 3.17. The van der Waals surface area contributed by atoms with Crippen LogP contribution in [0.4, 0.5) is 0 Å². The summed E-state index contributed by atoms with van der Waals surface area (Å²) in [6.45, 7) is 2.08. The van der Waals surface area contributed by atoms with Crippen LogP contribution in [0.1, 0.15) is 51.9 Å². The molecule has 0 rings (SSSR count). The summed E-state index contributed by atoms with van der Waals surface area (Å²) >= 11 is 5.57. The predicted octanol–water partition coefficient (Wildman–Crippen LogP) is 4.53. The highest BCUT2D eigenvalue weighted by molar-refractivity contribution is 6.17. The maximum atomic E-state index is 5.57. The molecule has 0 aliphatic carbocycles. The van der Waals surface area contributed by atoms with Gasteiger partial charge in [-0.1, -0.05) is 37.8 Å². The van der Waals surface area contributed by atoms with Crippen molar-refractivity contribution >= 4 is 11.6 Å². The molecule has 0 saturated heterocycles. The van der Waals surface area contributed by atoms with Crippen molar-refractivity contribution in [3.63, 3.8) is 0 Å². The standard InChI is InChI=1S/C11H21Cl/c1-2-3-4-5-6-7-8-9-10-11-12/h2-3H,4-11H2,1H3/b3-2+. The maximum Gasteiger partial charge on any atom is 0.0223 e. The molecule has 0 fully saturated rings. The van der Waals surface area contributed by atoms with Gasteiger partial charge in [0.25, 0.3) is 0 Å². The Morgan fingerprint density at radius 2 is 1.50 bits per heavy atom. The molecule has 0 amide bonds. The van der Waals surface area contributed by atoms with Gasteiger partial charge >= 0.3 is 0 Å². The molecule has 0 aromatic rings. The predicted molar refractivity (Wildman–Crippen MR) is 57.9 cm³/mol. The minimum Gasteiger partial charge on any atom is -0.127 e. The Morgan fingerprint density at radius 1 is 0.917 bits per heavy atom. The molecule has 0 aromatic heterocycles. The van der Waals surface area contributed by atoms with Crippen LogP contribution in [0.3, 0.4) is 0 Å². The molecule has 0 nitrogen and oxygen atoms in total. The van der Waals surface area contributed by atoms with E-state index in [4.69, 9.17) is 11.6 Å². The van der Waals surface area contributed by atoms with Gasteiger partial charge in [0.2, 0.25) is 0 Å². The lowest BCUT2D eigenvalue weighted by Gasteiger charge is -1.97. The highest BCUT2D eigenvalue weighted by Gasteiger charge is 1.88. The van der Waals surface area contributed by atoms with Crippen molar-refractivity contribution in [1.82, 2.24) is 0 Å². The van der Waals surface area contributed by atoms with Crippen LogP contribution in [0.5, 0.6) is 0 Å². The summed E-state index contributed by atoms with van der Waals surface area (Å²) in [5.74, 6) is 0.832. The third-order valence-electron chi connectivity index (χ3n) is 1.99. The molecule has 0 aliphatic heterocycles. The van der Waals surface area contributed by atoms with Gasteiger partial charge in [0, 0.05) is 5.88 Å². The third kappa shape index (κ3) is 10.0. The quantitative estimate of drug-likeness (QED) is 0.298. The molecule has 12 heavy (non-hydrogen) atoms. The molecule has 1 heteroatoms. The number of alkyl halides is 1. The lowest BCUT2D eigenvalue weighted by atomic mass is 10.1. The van der Waals surface area contributed by atoms with Gasteiger partial charge in [0.1, 0.15) is 0 Å². The second kappa shape index (κ2) is 11.0. The zero-order valence-corrected chi connectivity index (χ0v) is 8.95. The molecule has 0 N–H and O–H groups in total. The Kier molecular flexibility index (Phi) is 11.1. The van der Waals surface area contributed by atoms with Crippen LogP contribution >= 0.6 is 11.6 Å². The Hall–Kier alpha value is 0.0300. The summed E-state index contributed by atoms with van der Waals surface area (Å²) in [5, 5.41) is 0. The van der Waals surface area contributed by atoms with Crippen molar-refractivity contribution in [3.8, 4) is 0 Å². The Balaban J connectivity index is 2.81. The van der Waals surface area contributed by atoms with Crippen molar-refractivity contribution in [2.75, 3.05) is 5.88 Å². The van der Waals surface area contributed by atoms with E-state index in [1.54, 1.807) is 0 Å². The van der Waals surface area contributed by atoms with Gasteiger partial charge in [-0.3, -0.25) is 0 Å². The van der Waals surface area contributed by atoms with E-state index in [1.807, 2.05) is 0 Å². The smallest absolute Gasteiger partial charge is 0.0223 e. The first-order chi connectivity index (χ1) is 5.91. The lowest BCUT2D eigenvalue weighted by Crippen LogP contribution is -1.80. The molecule has 0 heterocycles. The molecule has 0 spiro atoms. The molecule has 0 unspecified atom stereocenters. The summed E-state index contributed by atoms with van der Waals surface area (Å²) in [5.41, 5.74) is 0. The minimum absolute atomic E-state index is 0.832. The third-order valence-corrected chi connectivity index (χ3v) is 2.26. The van der Waals surface area contributed by atoms with E-state index in [0.29, 0.717) is 0 Å². The topological polar surface area (TPSA) is 0 Å². The van der Waals surface area contributed by atoms with Crippen molar-refractivity contribution in [3.05, 3.63) is 12.2 Å². The molecule has 0 radical (unpaired) electrons. The molecular formula is C11H21Cl. The van der Waals surface area contributed by atoms with Crippen LogP contribution in [-0.4, -0.2) is 5.88 Å². The number of halogens is 1.